The molecule has 1 aliphatic rings. The van der Waals surface area contributed by atoms with Gasteiger partial charge in [-0.25, -0.2) is 4.39 Å². The molecule has 4 nitrogen and oxygen atoms in total. The van der Waals surface area contributed by atoms with E-state index in [1.54, 1.807) is 25.2 Å². The number of hydrogen-bond donors (Lipinski definition) is 1. The molecule has 0 bridgehead atoms. The SMILES string of the molecule is CN(C(=O)CC1CNCCN1C)c1ccccc1F. The molecule has 1 aliphatic heterocycles. The van der Waals surface area contributed by atoms with E-state index in [2.05, 4.69) is 10.2 Å². The second kappa shape index (κ2) is 6.12. The van der Waals surface area contributed by atoms with Crippen molar-refractivity contribution in [3.05, 3.63) is 30.1 Å². The van der Waals surface area contributed by atoms with Crippen LogP contribution in [0.25, 0.3) is 0 Å². The summed E-state index contributed by atoms with van der Waals surface area (Å²) < 4.78 is 13.6. The first-order valence-corrected chi connectivity index (χ1v) is 6.51. The quantitative estimate of drug-likeness (QED) is 0.888. The molecule has 1 N–H and O–H groups in total. The molecule has 0 aromatic heterocycles. The molecule has 1 saturated heterocycles. The molecule has 2 rings (SSSR count). The molecule has 5 heteroatoms. The number of para-hydroxylation sites is 1. The Balaban J connectivity index is 2.01. The van der Waals surface area contributed by atoms with Crippen LogP contribution in [0.1, 0.15) is 6.42 Å². The van der Waals surface area contributed by atoms with E-state index < -0.39 is 0 Å². The van der Waals surface area contributed by atoms with E-state index in [4.69, 9.17) is 0 Å². The van der Waals surface area contributed by atoms with Gasteiger partial charge in [0.2, 0.25) is 5.91 Å². The van der Waals surface area contributed by atoms with Crippen LogP contribution in [-0.4, -0.2) is 50.6 Å². The summed E-state index contributed by atoms with van der Waals surface area (Å²) >= 11 is 0. The van der Waals surface area contributed by atoms with Crippen molar-refractivity contribution in [3.8, 4) is 0 Å². The second-order valence-corrected chi connectivity index (χ2v) is 4.95. The van der Waals surface area contributed by atoms with Crippen molar-refractivity contribution in [1.82, 2.24) is 10.2 Å². The van der Waals surface area contributed by atoms with Crippen molar-refractivity contribution in [2.75, 3.05) is 38.6 Å². The number of likely N-dealkylation sites (N-methyl/N-ethyl adjacent to an activating group) is 1. The minimum atomic E-state index is -0.367. The molecule has 1 unspecified atom stereocenters. The van der Waals surface area contributed by atoms with Crippen LogP contribution in [-0.2, 0) is 4.79 Å². The first kappa shape index (κ1) is 14.0. The molecule has 0 spiro atoms. The van der Waals surface area contributed by atoms with Crippen LogP contribution in [0.2, 0.25) is 0 Å². The zero-order valence-electron chi connectivity index (χ0n) is 11.4. The first-order chi connectivity index (χ1) is 9.09. The van der Waals surface area contributed by atoms with Gasteiger partial charge in [0.25, 0.3) is 0 Å². The predicted molar refractivity (Wildman–Crippen MR) is 73.7 cm³/mol. The number of anilines is 1. The first-order valence-electron chi connectivity index (χ1n) is 6.51. The molecular weight excluding hydrogens is 245 g/mol. The lowest BCUT2D eigenvalue weighted by atomic mass is 10.1. The third-order valence-electron chi connectivity index (χ3n) is 3.64. The Kier molecular flexibility index (Phi) is 4.50. The molecule has 1 heterocycles. The fourth-order valence-electron chi connectivity index (χ4n) is 2.29. The van der Waals surface area contributed by atoms with Gasteiger partial charge in [-0.2, -0.15) is 0 Å². The zero-order chi connectivity index (χ0) is 13.8. The third kappa shape index (κ3) is 3.30. The highest BCUT2D eigenvalue weighted by Crippen LogP contribution is 2.18. The Morgan fingerprint density at radius 3 is 2.95 bits per heavy atom. The molecule has 1 atom stereocenters. The largest absolute Gasteiger partial charge is 0.314 e. The maximum atomic E-state index is 13.6. The third-order valence-corrected chi connectivity index (χ3v) is 3.64. The molecule has 0 radical (unpaired) electrons. The lowest BCUT2D eigenvalue weighted by Crippen LogP contribution is -2.51. The Bertz CT molecular complexity index is 452. The van der Waals surface area contributed by atoms with Crippen LogP contribution in [0, 0.1) is 5.82 Å². The highest BCUT2D eigenvalue weighted by atomic mass is 19.1. The summed E-state index contributed by atoms with van der Waals surface area (Å²) in [6.45, 7) is 2.68. The number of benzene rings is 1. The van der Waals surface area contributed by atoms with E-state index in [-0.39, 0.29) is 17.8 Å². The minimum Gasteiger partial charge on any atom is -0.314 e. The van der Waals surface area contributed by atoms with Gasteiger partial charge in [-0.1, -0.05) is 12.1 Å². The molecule has 104 valence electrons. The van der Waals surface area contributed by atoms with Crippen molar-refractivity contribution in [2.45, 2.75) is 12.5 Å². The number of hydrogen-bond acceptors (Lipinski definition) is 3. The fourth-order valence-corrected chi connectivity index (χ4v) is 2.29. The van der Waals surface area contributed by atoms with Crippen molar-refractivity contribution >= 4 is 11.6 Å². The predicted octanol–water partition coefficient (Wildman–Crippen LogP) is 1.08. The molecule has 19 heavy (non-hydrogen) atoms. The van der Waals surface area contributed by atoms with Gasteiger partial charge >= 0.3 is 0 Å². The Morgan fingerprint density at radius 2 is 2.26 bits per heavy atom. The molecule has 0 aliphatic carbocycles. The van der Waals surface area contributed by atoms with E-state index in [1.807, 2.05) is 7.05 Å². The molecule has 0 saturated carbocycles. The van der Waals surface area contributed by atoms with Crippen LogP contribution in [0.3, 0.4) is 0 Å². The van der Waals surface area contributed by atoms with Gasteiger partial charge in [-0.15, -0.1) is 0 Å². The Morgan fingerprint density at radius 1 is 1.53 bits per heavy atom. The zero-order valence-corrected chi connectivity index (χ0v) is 11.4. The summed E-state index contributed by atoms with van der Waals surface area (Å²) in [6.07, 6.45) is 0.397. The average Bonchev–Trinajstić information content (AvgIpc) is 2.41. The number of halogens is 1. The number of amides is 1. The molecule has 1 aromatic rings. The van der Waals surface area contributed by atoms with Crippen LogP contribution >= 0.6 is 0 Å². The van der Waals surface area contributed by atoms with Crippen LogP contribution in [0.5, 0.6) is 0 Å². The number of rotatable bonds is 3. The maximum absolute atomic E-state index is 13.6. The summed E-state index contributed by atoms with van der Waals surface area (Å²) in [7, 11) is 3.64. The van der Waals surface area contributed by atoms with E-state index in [9.17, 15) is 9.18 Å². The molecule has 1 aromatic carbocycles. The highest BCUT2D eigenvalue weighted by Gasteiger charge is 2.24. The standard InChI is InChI=1S/C14H20FN3O/c1-17-8-7-16-10-11(17)9-14(19)18(2)13-6-4-3-5-12(13)15/h3-6,11,16H,7-10H2,1-2H3. The number of carbonyl (C=O) groups is 1. The number of nitrogens with one attached hydrogen (secondary N) is 1. The molecular formula is C14H20FN3O. The average molecular weight is 265 g/mol. The van der Waals surface area contributed by atoms with Crippen molar-refractivity contribution in [1.29, 1.82) is 0 Å². The maximum Gasteiger partial charge on any atom is 0.228 e. The van der Waals surface area contributed by atoms with Crippen LogP contribution in [0.4, 0.5) is 10.1 Å². The summed E-state index contributed by atoms with van der Waals surface area (Å²) in [5, 5.41) is 3.27. The lowest BCUT2D eigenvalue weighted by molar-refractivity contribution is -0.119. The normalized spacial score (nSPS) is 20.3. The van der Waals surface area contributed by atoms with E-state index >= 15 is 0 Å². The van der Waals surface area contributed by atoms with Gasteiger partial charge in [0, 0.05) is 39.1 Å². The summed E-state index contributed by atoms with van der Waals surface area (Å²) in [6, 6.07) is 6.52. The lowest BCUT2D eigenvalue weighted by Gasteiger charge is -2.33. The number of nitrogens with zero attached hydrogens (tertiary/aromatic N) is 2. The minimum absolute atomic E-state index is 0.0642. The monoisotopic (exact) mass is 265 g/mol. The summed E-state index contributed by atoms with van der Waals surface area (Å²) in [5.74, 6) is -0.431. The van der Waals surface area contributed by atoms with E-state index in [0.717, 1.165) is 19.6 Å². The van der Waals surface area contributed by atoms with Gasteiger partial charge in [-0.3, -0.25) is 4.79 Å². The van der Waals surface area contributed by atoms with E-state index in [1.165, 1.54) is 11.0 Å². The van der Waals surface area contributed by atoms with Gasteiger partial charge in [0.15, 0.2) is 0 Å². The van der Waals surface area contributed by atoms with Crippen LogP contribution in [0.15, 0.2) is 24.3 Å². The highest BCUT2D eigenvalue weighted by molar-refractivity contribution is 5.93. The van der Waals surface area contributed by atoms with Gasteiger partial charge in [-0.05, 0) is 19.2 Å². The smallest absolute Gasteiger partial charge is 0.228 e. The fraction of sp³-hybridized carbons (Fsp3) is 0.500. The molecule has 1 fully saturated rings. The van der Waals surface area contributed by atoms with Gasteiger partial charge < -0.3 is 15.1 Å². The second-order valence-electron chi connectivity index (χ2n) is 4.95. The Hall–Kier alpha value is -1.46. The number of piperazine rings is 1. The van der Waals surface area contributed by atoms with Gasteiger partial charge in [0.05, 0.1) is 5.69 Å². The summed E-state index contributed by atoms with van der Waals surface area (Å²) in [5.41, 5.74) is 0.332. The van der Waals surface area contributed by atoms with Crippen molar-refractivity contribution in [2.24, 2.45) is 0 Å². The Labute approximate surface area is 113 Å². The van der Waals surface area contributed by atoms with Crippen LogP contribution < -0.4 is 10.2 Å². The van der Waals surface area contributed by atoms with Gasteiger partial charge in [0.1, 0.15) is 5.82 Å². The van der Waals surface area contributed by atoms with E-state index in [0.29, 0.717) is 12.1 Å². The van der Waals surface area contributed by atoms with Crippen molar-refractivity contribution < 1.29 is 9.18 Å². The molecule has 1 amide bonds. The topological polar surface area (TPSA) is 35.6 Å². The van der Waals surface area contributed by atoms with Crippen molar-refractivity contribution in [3.63, 3.8) is 0 Å². The number of carbonyl (C=O) groups excluding carboxylic acids is 1. The summed E-state index contributed by atoms with van der Waals surface area (Å²) in [4.78, 5) is 15.8.